The molecule has 0 N–H and O–H groups in total. The Bertz CT molecular complexity index is 927. The largest absolute Gasteiger partial charge is 0.384 e. The van der Waals surface area contributed by atoms with E-state index in [9.17, 15) is 18.8 Å². The summed E-state index contributed by atoms with van der Waals surface area (Å²) < 4.78 is 38.9. The number of hydrogen-bond acceptors (Lipinski definition) is 6. The minimum absolute atomic E-state index is 0.0547. The molecule has 3 aliphatic rings. The molecule has 2 aliphatic heterocycles. The molecule has 7 nitrogen and oxygen atoms in total. The molecule has 1 aliphatic carbocycles. The molecule has 0 spiro atoms. The zero-order valence-electron chi connectivity index (χ0n) is 18.9. The Morgan fingerprint density at radius 3 is 2.72 bits per heavy atom. The average molecular weight is 449 g/mol. The van der Waals surface area contributed by atoms with Gasteiger partial charge in [-0.25, -0.2) is 13.8 Å². The van der Waals surface area contributed by atoms with E-state index in [0.29, 0.717) is 36.9 Å². The maximum Gasteiger partial charge on any atom is 0.260 e. The van der Waals surface area contributed by atoms with E-state index in [1.54, 1.807) is 4.90 Å². The number of ether oxygens (including phenoxy) is 2. The van der Waals surface area contributed by atoms with Gasteiger partial charge in [0.2, 0.25) is 5.91 Å². The molecule has 1 saturated heterocycles. The van der Waals surface area contributed by atoms with Gasteiger partial charge in [-0.2, -0.15) is 5.26 Å². The highest BCUT2D eigenvalue weighted by molar-refractivity contribution is 5.77. The van der Waals surface area contributed by atoms with Crippen LogP contribution in [0.1, 0.15) is 61.4 Å². The number of aromatic nitrogens is 1. The molecule has 174 valence electrons. The van der Waals surface area contributed by atoms with Crippen molar-refractivity contribution in [3.63, 3.8) is 0 Å². The van der Waals surface area contributed by atoms with Crippen molar-refractivity contribution < 1.29 is 23.0 Å². The normalized spacial score (nSPS) is 22.6. The van der Waals surface area contributed by atoms with Crippen LogP contribution in [0.25, 0.3) is 0 Å². The monoisotopic (exact) mass is 448 g/mol. The summed E-state index contributed by atoms with van der Waals surface area (Å²) in [6, 6.07) is 1.06. The molecule has 1 saturated carbocycles. The van der Waals surface area contributed by atoms with Crippen LogP contribution in [-0.2, 0) is 27.3 Å². The summed E-state index contributed by atoms with van der Waals surface area (Å²) in [5, 5.41) is 10.0. The van der Waals surface area contributed by atoms with Crippen LogP contribution in [0.3, 0.4) is 0 Å². The molecule has 1 amide bonds. The van der Waals surface area contributed by atoms with E-state index in [0.717, 1.165) is 29.7 Å². The number of alkyl halides is 2. The number of fused-ring (bicyclic) bond motifs is 1. The molecule has 1 aromatic heterocycles. The predicted molar refractivity (Wildman–Crippen MR) is 114 cm³/mol. The molecule has 32 heavy (non-hydrogen) atoms. The zero-order chi connectivity index (χ0) is 23.0. The van der Waals surface area contributed by atoms with Crippen LogP contribution in [0.2, 0.25) is 0 Å². The highest BCUT2D eigenvalue weighted by Crippen LogP contribution is 2.45. The van der Waals surface area contributed by atoms with Crippen molar-refractivity contribution in [2.75, 3.05) is 38.3 Å². The summed E-state index contributed by atoms with van der Waals surface area (Å²) in [7, 11) is 1.48. The number of halogens is 2. The van der Waals surface area contributed by atoms with Crippen molar-refractivity contribution in [1.29, 1.82) is 5.26 Å². The quantitative estimate of drug-likeness (QED) is 0.666. The van der Waals surface area contributed by atoms with Crippen molar-refractivity contribution in [2.24, 2.45) is 0 Å². The van der Waals surface area contributed by atoms with Gasteiger partial charge in [0.25, 0.3) is 6.43 Å². The van der Waals surface area contributed by atoms with Gasteiger partial charge in [0, 0.05) is 44.6 Å². The average Bonchev–Trinajstić information content (AvgIpc) is 3.60. The fourth-order valence-corrected chi connectivity index (χ4v) is 4.68. The number of carbonyl (C=O) groups is 1. The number of pyridine rings is 1. The molecule has 1 atom stereocenters. The summed E-state index contributed by atoms with van der Waals surface area (Å²) in [4.78, 5) is 20.3. The topological polar surface area (TPSA) is 78.7 Å². The van der Waals surface area contributed by atoms with Crippen molar-refractivity contribution in [3.8, 4) is 6.07 Å². The molecular weight excluding hydrogens is 418 g/mol. The first-order valence-corrected chi connectivity index (χ1v) is 11.2. The molecule has 0 bridgehead atoms. The van der Waals surface area contributed by atoms with Gasteiger partial charge in [0.1, 0.15) is 17.9 Å². The van der Waals surface area contributed by atoms with Crippen molar-refractivity contribution in [3.05, 3.63) is 22.4 Å². The molecule has 2 fully saturated rings. The summed E-state index contributed by atoms with van der Waals surface area (Å²) in [6.45, 7) is 5.05. The smallest absolute Gasteiger partial charge is 0.260 e. The lowest BCUT2D eigenvalue weighted by molar-refractivity contribution is -0.138. The molecular formula is C23H30F2N4O3. The lowest BCUT2D eigenvalue weighted by Gasteiger charge is -2.42. The van der Waals surface area contributed by atoms with E-state index >= 15 is 0 Å². The van der Waals surface area contributed by atoms with E-state index in [4.69, 9.17) is 14.5 Å². The predicted octanol–water partition coefficient (Wildman–Crippen LogP) is 3.00. The van der Waals surface area contributed by atoms with Crippen LogP contribution < -0.4 is 4.90 Å². The van der Waals surface area contributed by atoms with Gasteiger partial charge in [0.05, 0.1) is 36.5 Å². The number of methoxy groups -OCH3 is 1. The minimum atomic E-state index is -2.69. The van der Waals surface area contributed by atoms with Gasteiger partial charge < -0.3 is 19.3 Å². The Labute approximate surface area is 187 Å². The second-order valence-corrected chi connectivity index (χ2v) is 9.44. The first-order chi connectivity index (χ1) is 15.3. The molecule has 1 aromatic rings. The van der Waals surface area contributed by atoms with Crippen LogP contribution in [0, 0.1) is 11.3 Å². The number of nitriles is 1. The third kappa shape index (κ3) is 4.44. The molecule has 4 rings (SSSR count). The Hall–Kier alpha value is -2.31. The lowest BCUT2D eigenvalue weighted by atomic mass is 9.87. The number of anilines is 1. The van der Waals surface area contributed by atoms with E-state index in [1.165, 1.54) is 12.0 Å². The number of amides is 1. The Kier molecular flexibility index (Phi) is 6.37. The lowest BCUT2D eigenvalue weighted by Crippen LogP contribution is -2.58. The molecule has 0 aromatic carbocycles. The molecule has 3 heterocycles. The second-order valence-electron chi connectivity index (χ2n) is 9.44. The number of piperazine rings is 1. The third-order valence-corrected chi connectivity index (χ3v) is 6.56. The number of hydrogen-bond donors (Lipinski definition) is 0. The maximum atomic E-state index is 14.0. The number of carbonyl (C=O) groups excluding carboxylic acids is 1. The van der Waals surface area contributed by atoms with E-state index in [1.807, 2.05) is 13.8 Å². The van der Waals surface area contributed by atoms with Gasteiger partial charge in [0.15, 0.2) is 0 Å². The summed E-state index contributed by atoms with van der Waals surface area (Å²) in [5.41, 5.74) is 2.91. The fraction of sp³-hybridized carbons (Fsp3) is 0.696. The van der Waals surface area contributed by atoms with Gasteiger partial charge in [-0.1, -0.05) is 0 Å². The zero-order valence-corrected chi connectivity index (χ0v) is 18.9. The van der Waals surface area contributed by atoms with Crippen LogP contribution in [0.5, 0.6) is 0 Å². The summed E-state index contributed by atoms with van der Waals surface area (Å²) >= 11 is 0. The third-order valence-electron chi connectivity index (χ3n) is 6.56. The highest BCUT2D eigenvalue weighted by Gasteiger charge is 2.40. The van der Waals surface area contributed by atoms with E-state index in [2.05, 4.69) is 6.07 Å². The first kappa shape index (κ1) is 22.9. The van der Waals surface area contributed by atoms with Crippen LogP contribution in [0.4, 0.5) is 14.6 Å². The number of rotatable bonds is 6. The van der Waals surface area contributed by atoms with Gasteiger partial charge >= 0.3 is 0 Å². The SMILES string of the molecule is COCCC(=O)N1CCN(c2nc(C3CC3)c3c(c2C#N)CC(C)(C)OC3)CC1C(F)F. The fourth-order valence-electron chi connectivity index (χ4n) is 4.68. The molecule has 1 unspecified atom stereocenters. The second kappa shape index (κ2) is 8.91. The van der Waals surface area contributed by atoms with Crippen LogP contribution in [-0.4, -0.2) is 67.2 Å². The van der Waals surface area contributed by atoms with Crippen molar-refractivity contribution in [1.82, 2.24) is 9.88 Å². The van der Waals surface area contributed by atoms with Gasteiger partial charge in [-0.15, -0.1) is 0 Å². The standard InChI is InChI=1S/C23H30F2N4O3/c1-23(2)10-15-16(11-26)22(27-20(14-4-5-14)17(15)13-32-23)28-7-8-29(18(12-28)21(24)25)19(30)6-9-31-3/h14,18,21H,4-10,12-13H2,1-3H3. The first-order valence-electron chi connectivity index (χ1n) is 11.2. The Morgan fingerprint density at radius 1 is 1.34 bits per heavy atom. The van der Waals surface area contributed by atoms with Gasteiger partial charge in [-0.05, 0) is 32.3 Å². The maximum absolute atomic E-state index is 14.0. The van der Waals surface area contributed by atoms with Crippen molar-refractivity contribution >= 4 is 11.7 Å². The summed E-state index contributed by atoms with van der Waals surface area (Å²) in [5.74, 6) is 0.469. The highest BCUT2D eigenvalue weighted by atomic mass is 19.3. The number of nitrogens with zero attached hydrogens (tertiary/aromatic N) is 4. The Balaban J connectivity index is 1.68. The van der Waals surface area contributed by atoms with E-state index in [-0.39, 0.29) is 32.0 Å². The van der Waals surface area contributed by atoms with Crippen LogP contribution >= 0.6 is 0 Å². The molecule has 9 heteroatoms. The van der Waals surface area contributed by atoms with Crippen molar-refractivity contribution in [2.45, 2.75) is 70.1 Å². The Morgan fingerprint density at radius 2 is 2.09 bits per heavy atom. The van der Waals surface area contributed by atoms with E-state index < -0.39 is 18.1 Å². The van der Waals surface area contributed by atoms with Crippen LogP contribution in [0.15, 0.2) is 0 Å². The molecule has 0 radical (unpaired) electrons. The minimum Gasteiger partial charge on any atom is -0.384 e. The van der Waals surface area contributed by atoms with Gasteiger partial charge in [-0.3, -0.25) is 4.79 Å². The summed E-state index contributed by atoms with van der Waals surface area (Å²) in [6.07, 6.45) is 0.0309.